The molecule has 118 valence electrons. The van der Waals surface area contributed by atoms with Gasteiger partial charge >= 0.3 is 8.03 Å². The lowest BCUT2D eigenvalue weighted by Gasteiger charge is -2.26. The number of nitrogens with two attached hydrogens (primary N) is 1. The molecule has 0 aliphatic rings. The fraction of sp³-hybridized carbons (Fsp3) is 0.667. The lowest BCUT2D eigenvalue weighted by molar-refractivity contribution is -0.124. The zero-order valence-corrected chi connectivity index (χ0v) is 13.8. The van der Waals surface area contributed by atoms with Gasteiger partial charge < -0.3 is 10.7 Å². The summed E-state index contributed by atoms with van der Waals surface area (Å²) in [4.78, 5) is 24.8. The van der Waals surface area contributed by atoms with Crippen LogP contribution < -0.4 is 5.73 Å². The highest BCUT2D eigenvalue weighted by atomic mass is 31.1. The molecule has 5 atom stereocenters. The van der Waals surface area contributed by atoms with Crippen LogP contribution in [0.2, 0.25) is 0 Å². The molecule has 1 heterocycles. The third-order valence-corrected chi connectivity index (χ3v) is 4.83. The number of Topliss-reactive ketones (excluding diaryl/α,β-unsaturated/α-hetero) is 1. The fourth-order valence-electron chi connectivity index (χ4n) is 2.50. The van der Waals surface area contributed by atoms with E-state index in [0.717, 1.165) is 12.1 Å². The van der Waals surface area contributed by atoms with Crippen LogP contribution in [-0.4, -0.2) is 27.9 Å². The first kappa shape index (κ1) is 18.0. The molecule has 0 fully saturated rings. The smallest absolute Gasteiger partial charge is 0.364 e. The first-order valence-electron chi connectivity index (χ1n) is 7.44. The van der Waals surface area contributed by atoms with E-state index in [1.54, 1.807) is 6.20 Å². The van der Waals surface area contributed by atoms with Gasteiger partial charge in [-0.25, -0.2) is 0 Å². The van der Waals surface area contributed by atoms with Crippen LogP contribution in [0.5, 0.6) is 0 Å². The molecule has 6 heteroatoms. The number of H-pyrrole nitrogens is 1. The van der Waals surface area contributed by atoms with E-state index in [1.807, 2.05) is 32.9 Å². The molecule has 0 aliphatic carbocycles. The Morgan fingerprint density at radius 1 is 1.43 bits per heavy atom. The number of hydrogen-bond acceptors (Lipinski definition) is 3. The summed E-state index contributed by atoms with van der Waals surface area (Å²) in [6.07, 6.45) is 3.36. The van der Waals surface area contributed by atoms with E-state index >= 15 is 0 Å². The Balaban J connectivity index is 2.92. The molecule has 21 heavy (non-hydrogen) atoms. The second kappa shape index (κ2) is 8.42. The van der Waals surface area contributed by atoms with Crippen LogP contribution in [0.15, 0.2) is 18.3 Å². The van der Waals surface area contributed by atoms with Crippen LogP contribution >= 0.6 is 8.03 Å². The van der Waals surface area contributed by atoms with Gasteiger partial charge in [-0.05, 0) is 35.0 Å². The molecule has 1 rings (SSSR count). The summed E-state index contributed by atoms with van der Waals surface area (Å²) < 4.78 is 10.9. The van der Waals surface area contributed by atoms with Gasteiger partial charge in [0.2, 0.25) is 0 Å². The molecule has 1 aromatic heterocycles. The molecular weight excluding hydrogens is 287 g/mol. The van der Waals surface area contributed by atoms with Gasteiger partial charge in [-0.2, -0.15) is 4.89 Å². The minimum Gasteiger partial charge on any atom is -0.364 e. The van der Waals surface area contributed by atoms with Crippen molar-refractivity contribution in [1.82, 2.24) is 4.98 Å². The molecule has 1 aromatic rings. The Morgan fingerprint density at radius 3 is 2.57 bits per heavy atom. The number of carbonyl (C=O) groups excluding carboxylic acids is 1. The predicted octanol–water partition coefficient (Wildman–Crippen LogP) is 2.80. The van der Waals surface area contributed by atoms with E-state index in [0.29, 0.717) is 6.42 Å². The Kier molecular flexibility index (Phi) is 7.23. The number of rotatable bonds is 9. The average molecular weight is 313 g/mol. The maximum atomic E-state index is 12.7. The largest absolute Gasteiger partial charge is 0.505 e. The summed E-state index contributed by atoms with van der Waals surface area (Å²) in [6.45, 7) is 5.93. The first-order chi connectivity index (χ1) is 9.88. The summed E-state index contributed by atoms with van der Waals surface area (Å²) in [5.41, 5.74) is 6.93. The minimum absolute atomic E-state index is 0.00691. The minimum atomic E-state index is -2.17. The van der Waals surface area contributed by atoms with Gasteiger partial charge in [0, 0.05) is 11.9 Å². The van der Waals surface area contributed by atoms with Crippen LogP contribution in [-0.2, 0) is 9.36 Å². The summed E-state index contributed by atoms with van der Waals surface area (Å²) in [5, 5.41) is 0. The van der Waals surface area contributed by atoms with Crippen LogP contribution in [0.4, 0.5) is 0 Å². The van der Waals surface area contributed by atoms with Gasteiger partial charge in [0.1, 0.15) is 0 Å². The molecular formula is C15H26N2O3P+. The molecule has 0 aromatic carbocycles. The van der Waals surface area contributed by atoms with Gasteiger partial charge in [0.25, 0.3) is 0 Å². The van der Waals surface area contributed by atoms with Crippen molar-refractivity contribution in [2.75, 3.05) is 6.16 Å². The predicted molar refractivity (Wildman–Crippen MR) is 84.4 cm³/mol. The van der Waals surface area contributed by atoms with Crippen molar-refractivity contribution in [3.63, 3.8) is 0 Å². The highest BCUT2D eigenvalue weighted by molar-refractivity contribution is 7.37. The van der Waals surface area contributed by atoms with Crippen molar-refractivity contribution in [1.29, 1.82) is 0 Å². The Hall–Kier alpha value is -1.03. The number of ketones is 1. The van der Waals surface area contributed by atoms with E-state index in [9.17, 15) is 9.36 Å². The summed E-state index contributed by atoms with van der Waals surface area (Å²) in [5.74, 6) is -0.250. The second-order valence-corrected chi connectivity index (χ2v) is 6.91. The molecule has 0 bridgehead atoms. The molecule has 0 saturated heterocycles. The lowest BCUT2D eigenvalue weighted by Crippen LogP contribution is -2.41. The van der Waals surface area contributed by atoms with Crippen LogP contribution in [0.1, 0.15) is 45.2 Å². The van der Waals surface area contributed by atoms with Gasteiger partial charge in [0.15, 0.2) is 11.9 Å². The van der Waals surface area contributed by atoms with E-state index in [1.165, 1.54) is 0 Å². The summed E-state index contributed by atoms with van der Waals surface area (Å²) in [6, 6.07) is 3.22. The van der Waals surface area contributed by atoms with Crippen LogP contribution in [0.3, 0.4) is 0 Å². The monoisotopic (exact) mass is 313 g/mol. The highest BCUT2D eigenvalue weighted by Gasteiger charge is 2.34. The van der Waals surface area contributed by atoms with Crippen molar-refractivity contribution in [2.24, 2.45) is 17.6 Å². The number of aromatic nitrogens is 1. The normalized spacial score (nSPS) is 17.9. The standard InChI is InChI=1S/C15H25N2O3P/c1-4-10(2)14(16)15(18)13(12-6-5-8-17-12)11(3)7-9-21(19)20/h5-6,8,10-11,13-14,17H,4,7,9,16H2,1-3H3/p+1/t10-,11?,13?,14-/m0/s1. The van der Waals surface area contributed by atoms with Crippen LogP contribution in [0, 0.1) is 11.8 Å². The molecule has 0 saturated carbocycles. The molecule has 4 N–H and O–H groups in total. The second-order valence-electron chi connectivity index (χ2n) is 5.76. The molecule has 0 radical (unpaired) electrons. The van der Waals surface area contributed by atoms with E-state index in [2.05, 4.69) is 4.98 Å². The topological polar surface area (TPSA) is 96.2 Å². The Morgan fingerprint density at radius 2 is 2.10 bits per heavy atom. The van der Waals surface area contributed by atoms with Crippen molar-refractivity contribution in [2.45, 2.75) is 45.6 Å². The summed E-state index contributed by atoms with van der Waals surface area (Å²) in [7, 11) is -2.17. The number of nitrogens with one attached hydrogen (secondary N) is 1. The summed E-state index contributed by atoms with van der Waals surface area (Å²) >= 11 is 0. The van der Waals surface area contributed by atoms with Crippen molar-refractivity contribution < 1.29 is 14.3 Å². The quantitative estimate of drug-likeness (QED) is 0.611. The Labute approximate surface area is 127 Å². The molecule has 0 spiro atoms. The number of carbonyl (C=O) groups is 1. The highest BCUT2D eigenvalue weighted by Crippen LogP contribution is 2.31. The van der Waals surface area contributed by atoms with Crippen molar-refractivity contribution in [3.05, 3.63) is 24.0 Å². The SMILES string of the molecule is CC[C@H](C)[C@H](N)C(=O)C(c1ccc[nH]1)C(C)CC[P+](=O)O. The van der Waals surface area contributed by atoms with E-state index < -0.39 is 14.1 Å². The maximum Gasteiger partial charge on any atom is 0.505 e. The lowest BCUT2D eigenvalue weighted by atomic mass is 9.80. The zero-order chi connectivity index (χ0) is 16.0. The number of aromatic amines is 1. The molecule has 5 nitrogen and oxygen atoms in total. The third kappa shape index (κ3) is 5.03. The average Bonchev–Trinajstić information content (AvgIpc) is 2.97. The molecule has 0 aliphatic heterocycles. The van der Waals surface area contributed by atoms with Gasteiger partial charge in [-0.1, -0.05) is 27.2 Å². The molecule has 0 amide bonds. The Bertz CT molecular complexity index is 461. The number of hydrogen-bond donors (Lipinski definition) is 3. The van der Waals surface area contributed by atoms with E-state index in [4.69, 9.17) is 10.6 Å². The third-order valence-electron chi connectivity index (χ3n) is 4.19. The zero-order valence-electron chi connectivity index (χ0n) is 13.0. The van der Waals surface area contributed by atoms with Crippen LogP contribution in [0.25, 0.3) is 0 Å². The van der Waals surface area contributed by atoms with Crippen molar-refractivity contribution >= 4 is 13.8 Å². The van der Waals surface area contributed by atoms with Gasteiger partial charge in [0.05, 0.1) is 12.0 Å². The van der Waals surface area contributed by atoms with Crippen molar-refractivity contribution in [3.8, 4) is 0 Å². The van der Waals surface area contributed by atoms with Gasteiger partial charge in [-0.3, -0.25) is 4.79 Å². The van der Waals surface area contributed by atoms with E-state index in [-0.39, 0.29) is 29.7 Å². The fourth-order valence-corrected chi connectivity index (χ4v) is 3.13. The first-order valence-corrected chi connectivity index (χ1v) is 8.84. The maximum absolute atomic E-state index is 12.7. The molecule has 3 unspecified atom stereocenters. The van der Waals surface area contributed by atoms with Gasteiger partial charge in [-0.15, -0.1) is 0 Å².